The first-order valence-corrected chi connectivity index (χ1v) is 11.3. The van der Waals surface area contributed by atoms with Gasteiger partial charge in [-0.3, -0.25) is 9.59 Å². The second-order valence-corrected chi connectivity index (χ2v) is 8.53. The number of hydrogen-bond acceptors (Lipinski definition) is 7. The zero-order chi connectivity index (χ0) is 25.7. The maximum absolute atomic E-state index is 13.4. The molecule has 3 rings (SSSR count). The van der Waals surface area contributed by atoms with Gasteiger partial charge >= 0.3 is 0 Å². The third kappa shape index (κ3) is 5.50. The van der Waals surface area contributed by atoms with Crippen LogP contribution in [0.1, 0.15) is 37.4 Å². The summed E-state index contributed by atoms with van der Waals surface area (Å²) in [5.74, 6) is 1.78. The molecule has 2 amide bonds. The Morgan fingerprint density at radius 3 is 2.26 bits per heavy atom. The number of nitrogens with zero attached hydrogens (tertiary/aromatic N) is 3. The number of likely N-dealkylation sites (N-methyl/N-ethyl adjacent to an activating group) is 1. The number of hydrazone groups is 1. The van der Waals surface area contributed by atoms with E-state index in [0.29, 0.717) is 35.1 Å². The topological polar surface area (TPSA) is 89.9 Å². The predicted molar refractivity (Wildman–Crippen MR) is 132 cm³/mol. The van der Waals surface area contributed by atoms with E-state index in [-0.39, 0.29) is 24.3 Å². The van der Waals surface area contributed by atoms with E-state index < -0.39 is 6.04 Å². The lowest BCUT2D eigenvalue weighted by Crippen LogP contribution is -2.40. The van der Waals surface area contributed by atoms with Crippen LogP contribution in [0.15, 0.2) is 41.5 Å². The Morgan fingerprint density at radius 1 is 0.971 bits per heavy atom. The van der Waals surface area contributed by atoms with Crippen LogP contribution in [0.25, 0.3) is 0 Å². The maximum atomic E-state index is 13.4. The van der Waals surface area contributed by atoms with Gasteiger partial charge in [-0.25, -0.2) is 5.01 Å². The van der Waals surface area contributed by atoms with Crippen molar-refractivity contribution < 1.29 is 28.5 Å². The molecule has 0 aliphatic carbocycles. The molecule has 2 aromatic carbocycles. The van der Waals surface area contributed by atoms with Crippen LogP contribution in [-0.4, -0.2) is 69.5 Å². The van der Waals surface area contributed by atoms with Crippen LogP contribution in [0.4, 0.5) is 0 Å². The fraction of sp³-hybridized carbons (Fsp3) is 0.423. The standard InChI is InChI=1S/C26H33N3O6/c1-16(2)26(31)28(3)15-25(30)29-21(17-8-11-22(33-5)24(12-17)35-7)14-20(27-29)19-10-9-18(32-4)13-23(19)34-6/h8-13,16,21H,14-15H2,1-7H3/t21-/m1/s1. The zero-order valence-electron chi connectivity index (χ0n) is 21.3. The van der Waals surface area contributed by atoms with Gasteiger partial charge in [0.15, 0.2) is 11.5 Å². The molecule has 1 heterocycles. The summed E-state index contributed by atoms with van der Waals surface area (Å²) in [4.78, 5) is 27.2. The molecular weight excluding hydrogens is 450 g/mol. The lowest BCUT2D eigenvalue weighted by Gasteiger charge is -2.26. The summed E-state index contributed by atoms with van der Waals surface area (Å²) in [6.45, 7) is 3.52. The SMILES string of the molecule is COc1ccc(C2=NN(C(=O)CN(C)C(=O)C(C)C)[C@@H](c3ccc(OC)c(OC)c3)C2)c(OC)c1. The number of hydrogen-bond donors (Lipinski definition) is 0. The Balaban J connectivity index is 2.01. The van der Waals surface area contributed by atoms with Gasteiger partial charge in [-0.15, -0.1) is 0 Å². The number of methoxy groups -OCH3 is 4. The Hall–Kier alpha value is -3.75. The number of carbonyl (C=O) groups excluding carboxylic acids is 2. The highest BCUT2D eigenvalue weighted by Gasteiger charge is 2.35. The zero-order valence-corrected chi connectivity index (χ0v) is 21.3. The van der Waals surface area contributed by atoms with Crippen molar-refractivity contribution in [2.45, 2.75) is 26.3 Å². The maximum Gasteiger partial charge on any atom is 0.262 e. The van der Waals surface area contributed by atoms with Crippen LogP contribution in [-0.2, 0) is 9.59 Å². The van der Waals surface area contributed by atoms with Gasteiger partial charge in [0.1, 0.15) is 18.0 Å². The average molecular weight is 484 g/mol. The molecule has 0 spiro atoms. The summed E-state index contributed by atoms with van der Waals surface area (Å²) in [5, 5.41) is 6.15. The van der Waals surface area contributed by atoms with E-state index in [1.807, 2.05) is 24.3 Å². The Morgan fingerprint density at radius 2 is 1.66 bits per heavy atom. The molecule has 2 aromatic rings. The normalized spacial score (nSPS) is 15.0. The van der Waals surface area contributed by atoms with Crippen molar-refractivity contribution in [2.24, 2.45) is 11.0 Å². The van der Waals surface area contributed by atoms with E-state index in [0.717, 1.165) is 11.1 Å². The van der Waals surface area contributed by atoms with Crippen LogP contribution in [0.3, 0.4) is 0 Å². The van der Waals surface area contributed by atoms with E-state index in [4.69, 9.17) is 24.0 Å². The van der Waals surface area contributed by atoms with Gasteiger partial charge in [-0.2, -0.15) is 5.10 Å². The number of ether oxygens (including phenoxy) is 4. The minimum Gasteiger partial charge on any atom is -0.497 e. The summed E-state index contributed by atoms with van der Waals surface area (Å²) in [6, 6.07) is 10.6. The molecule has 0 aromatic heterocycles. The summed E-state index contributed by atoms with van der Waals surface area (Å²) in [5.41, 5.74) is 2.29. The van der Waals surface area contributed by atoms with Crippen molar-refractivity contribution in [3.63, 3.8) is 0 Å². The van der Waals surface area contributed by atoms with Gasteiger partial charge in [0.25, 0.3) is 5.91 Å². The van der Waals surface area contributed by atoms with Gasteiger partial charge in [0.2, 0.25) is 5.91 Å². The smallest absolute Gasteiger partial charge is 0.262 e. The molecule has 9 nitrogen and oxygen atoms in total. The van der Waals surface area contributed by atoms with Gasteiger partial charge in [-0.05, 0) is 29.8 Å². The molecule has 9 heteroatoms. The minimum absolute atomic E-state index is 0.0860. The largest absolute Gasteiger partial charge is 0.497 e. The number of rotatable bonds is 9. The molecule has 0 fully saturated rings. The quantitative estimate of drug-likeness (QED) is 0.542. The molecule has 188 valence electrons. The highest BCUT2D eigenvalue weighted by molar-refractivity contribution is 6.05. The van der Waals surface area contributed by atoms with E-state index >= 15 is 0 Å². The van der Waals surface area contributed by atoms with Crippen molar-refractivity contribution in [3.05, 3.63) is 47.5 Å². The molecule has 1 aliphatic rings. The number of amides is 2. The molecule has 0 radical (unpaired) electrons. The van der Waals surface area contributed by atoms with E-state index in [1.165, 1.54) is 9.91 Å². The molecule has 0 unspecified atom stereocenters. The lowest BCUT2D eigenvalue weighted by molar-refractivity contribution is -0.142. The second-order valence-electron chi connectivity index (χ2n) is 8.53. The van der Waals surface area contributed by atoms with Crippen molar-refractivity contribution in [2.75, 3.05) is 42.0 Å². The Kier molecular flexibility index (Phi) is 8.22. The van der Waals surface area contributed by atoms with Crippen LogP contribution >= 0.6 is 0 Å². The fourth-order valence-corrected chi connectivity index (χ4v) is 4.05. The van der Waals surface area contributed by atoms with Gasteiger partial charge in [0, 0.05) is 31.0 Å². The van der Waals surface area contributed by atoms with Gasteiger partial charge in [-0.1, -0.05) is 19.9 Å². The Bertz CT molecular complexity index is 1110. The number of benzene rings is 2. The van der Waals surface area contributed by atoms with E-state index in [1.54, 1.807) is 61.5 Å². The first kappa shape index (κ1) is 25.9. The van der Waals surface area contributed by atoms with Gasteiger partial charge in [0.05, 0.1) is 40.2 Å². The summed E-state index contributed by atoms with van der Waals surface area (Å²) >= 11 is 0. The summed E-state index contributed by atoms with van der Waals surface area (Å²) in [6.07, 6.45) is 0.450. The molecule has 1 atom stereocenters. The summed E-state index contributed by atoms with van der Waals surface area (Å²) in [7, 11) is 7.93. The second kappa shape index (κ2) is 11.1. The monoisotopic (exact) mass is 483 g/mol. The van der Waals surface area contributed by atoms with Crippen LogP contribution in [0.2, 0.25) is 0 Å². The number of carbonyl (C=O) groups is 2. The molecule has 0 N–H and O–H groups in total. The predicted octanol–water partition coefficient (Wildman–Crippen LogP) is 3.51. The van der Waals surface area contributed by atoms with Gasteiger partial charge < -0.3 is 23.8 Å². The van der Waals surface area contributed by atoms with Crippen molar-refractivity contribution in [1.82, 2.24) is 9.91 Å². The summed E-state index contributed by atoms with van der Waals surface area (Å²) < 4.78 is 21.7. The first-order chi connectivity index (χ1) is 16.7. The molecule has 35 heavy (non-hydrogen) atoms. The minimum atomic E-state index is -0.397. The van der Waals surface area contributed by atoms with E-state index in [9.17, 15) is 9.59 Å². The van der Waals surface area contributed by atoms with Crippen LogP contribution < -0.4 is 18.9 Å². The van der Waals surface area contributed by atoms with Crippen LogP contribution in [0.5, 0.6) is 23.0 Å². The third-order valence-electron chi connectivity index (χ3n) is 5.92. The van der Waals surface area contributed by atoms with Crippen molar-refractivity contribution in [3.8, 4) is 23.0 Å². The van der Waals surface area contributed by atoms with E-state index in [2.05, 4.69) is 0 Å². The Labute approximate surface area is 206 Å². The average Bonchev–Trinajstić information content (AvgIpc) is 3.32. The lowest BCUT2D eigenvalue weighted by atomic mass is 9.97. The third-order valence-corrected chi connectivity index (χ3v) is 5.92. The molecule has 0 saturated carbocycles. The van der Waals surface area contributed by atoms with Crippen LogP contribution in [0, 0.1) is 5.92 Å². The molecule has 0 saturated heterocycles. The highest BCUT2D eigenvalue weighted by Crippen LogP contribution is 2.39. The highest BCUT2D eigenvalue weighted by atomic mass is 16.5. The fourth-order valence-electron chi connectivity index (χ4n) is 4.05. The van der Waals surface area contributed by atoms with Crippen molar-refractivity contribution in [1.29, 1.82) is 0 Å². The molecule has 0 bridgehead atoms. The molecular formula is C26H33N3O6. The molecule has 1 aliphatic heterocycles. The first-order valence-electron chi connectivity index (χ1n) is 11.3. The van der Waals surface area contributed by atoms with Crippen molar-refractivity contribution >= 4 is 17.5 Å².